The van der Waals surface area contributed by atoms with E-state index in [2.05, 4.69) is 84.9 Å². The Labute approximate surface area is 324 Å². The fourth-order valence-corrected chi connectivity index (χ4v) is 7.24. The van der Waals surface area contributed by atoms with E-state index in [0.717, 1.165) is 66.1 Å². The highest BCUT2D eigenvalue weighted by Crippen LogP contribution is 2.38. The standard InChI is InChI=1S/C50H32N6/c1-5-17-33(18-6-1)38-31-37-25-13-14-26-39(37)44(32-38)50-55-47(36-23-11-4-12-24-36)54-49(56-50)43-30-29-42(40-27-15-16-28-41(40)43)48-52-45(34-19-7-2-8-20-34)51-46(53-48)35-21-9-3-10-22-35/h1-32H. The lowest BCUT2D eigenvalue weighted by atomic mass is 9.96. The molecule has 0 saturated heterocycles. The smallest absolute Gasteiger partial charge is 0.164 e. The third kappa shape index (κ3) is 6.25. The molecule has 0 atom stereocenters. The molecule has 56 heavy (non-hydrogen) atoms. The highest BCUT2D eigenvalue weighted by Gasteiger charge is 2.20. The number of aromatic nitrogens is 6. The molecule has 0 radical (unpaired) electrons. The second-order valence-electron chi connectivity index (χ2n) is 13.5. The second-order valence-corrected chi connectivity index (χ2v) is 13.5. The van der Waals surface area contributed by atoms with Gasteiger partial charge < -0.3 is 0 Å². The van der Waals surface area contributed by atoms with E-state index in [1.165, 1.54) is 0 Å². The summed E-state index contributed by atoms with van der Waals surface area (Å²) in [6, 6.07) is 65.9. The molecule has 0 unspecified atom stereocenters. The molecule has 0 bridgehead atoms. The Kier molecular flexibility index (Phi) is 8.39. The van der Waals surface area contributed by atoms with Crippen molar-refractivity contribution in [3.8, 4) is 79.5 Å². The van der Waals surface area contributed by atoms with Crippen LogP contribution in [0, 0.1) is 0 Å². The van der Waals surface area contributed by atoms with Gasteiger partial charge in [0.1, 0.15) is 0 Å². The van der Waals surface area contributed by atoms with Crippen molar-refractivity contribution in [2.75, 3.05) is 0 Å². The quantitative estimate of drug-likeness (QED) is 0.163. The van der Waals surface area contributed by atoms with Gasteiger partial charge in [0.15, 0.2) is 34.9 Å². The molecule has 262 valence electrons. The van der Waals surface area contributed by atoms with Crippen LogP contribution in [-0.2, 0) is 0 Å². The van der Waals surface area contributed by atoms with Crippen LogP contribution in [0.25, 0.3) is 101 Å². The molecular formula is C50H32N6. The number of rotatable bonds is 7. The first-order valence-corrected chi connectivity index (χ1v) is 18.5. The molecule has 0 N–H and O–H groups in total. The topological polar surface area (TPSA) is 77.3 Å². The van der Waals surface area contributed by atoms with E-state index < -0.39 is 0 Å². The largest absolute Gasteiger partial charge is 0.208 e. The van der Waals surface area contributed by atoms with Gasteiger partial charge in [-0.15, -0.1) is 0 Å². The van der Waals surface area contributed by atoms with Crippen LogP contribution < -0.4 is 0 Å². The molecule has 0 aliphatic rings. The number of fused-ring (bicyclic) bond motifs is 2. The van der Waals surface area contributed by atoms with Gasteiger partial charge in [0, 0.05) is 33.4 Å². The second kappa shape index (κ2) is 14.3. The van der Waals surface area contributed by atoms with E-state index in [4.69, 9.17) is 29.9 Å². The van der Waals surface area contributed by atoms with Crippen molar-refractivity contribution < 1.29 is 0 Å². The van der Waals surface area contributed by atoms with Gasteiger partial charge in [0.05, 0.1) is 0 Å². The van der Waals surface area contributed by atoms with Crippen LogP contribution in [0.3, 0.4) is 0 Å². The van der Waals surface area contributed by atoms with Gasteiger partial charge in [-0.1, -0.05) is 170 Å². The minimum atomic E-state index is 0.580. The lowest BCUT2D eigenvalue weighted by Crippen LogP contribution is -2.02. The SMILES string of the molecule is c1ccc(-c2cc(-c3nc(-c4ccccc4)nc(-c4ccc(-c5nc(-c6ccccc6)nc(-c6ccccc6)n5)c5ccccc45)n3)c3ccccc3c2)cc1. The summed E-state index contributed by atoms with van der Waals surface area (Å²) in [6.45, 7) is 0. The third-order valence-electron chi connectivity index (χ3n) is 9.98. The zero-order chi connectivity index (χ0) is 37.3. The average molecular weight is 717 g/mol. The van der Waals surface area contributed by atoms with E-state index in [-0.39, 0.29) is 0 Å². The molecule has 6 heteroatoms. The Morgan fingerprint density at radius 3 is 1.02 bits per heavy atom. The molecule has 0 aliphatic heterocycles. The van der Waals surface area contributed by atoms with Gasteiger partial charge in [-0.25, -0.2) is 29.9 Å². The summed E-state index contributed by atoms with van der Waals surface area (Å²) in [4.78, 5) is 30.6. The fraction of sp³-hybridized carbons (Fsp3) is 0. The van der Waals surface area contributed by atoms with E-state index in [1.54, 1.807) is 0 Å². The summed E-state index contributed by atoms with van der Waals surface area (Å²) in [5.41, 5.74) is 7.69. The maximum atomic E-state index is 5.28. The van der Waals surface area contributed by atoms with Crippen LogP contribution in [0.2, 0.25) is 0 Å². The molecule has 0 fully saturated rings. The lowest BCUT2D eigenvalue weighted by molar-refractivity contribution is 1.07. The van der Waals surface area contributed by atoms with Gasteiger partial charge in [-0.2, -0.15) is 0 Å². The summed E-state index contributed by atoms with van der Waals surface area (Å²) >= 11 is 0. The fourth-order valence-electron chi connectivity index (χ4n) is 7.24. The Hall–Kier alpha value is -7.70. The van der Waals surface area contributed by atoms with Crippen molar-refractivity contribution in [1.82, 2.24) is 29.9 Å². The Morgan fingerprint density at radius 2 is 0.554 bits per heavy atom. The molecule has 6 nitrogen and oxygen atoms in total. The number of nitrogens with zero attached hydrogens (tertiary/aromatic N) is 6. The Balaban J connectivity index is 1.19. The summed E-state index contributed by atoms with van der Waals surface area (Å²) in [5, 5.41) is 4.15. The van der Waals surface area contributed by atoms with Crippen molar-refractivity contribution in [3.63, 3.8) is 0 Å². The minimum Gasteiger partial charge on any atom is -0.208 e. The molecular weight excluding hydrogens is 685 g/mol. The van der Waals surface area contributed by atoms with Crippen LogP contribution in [0.15, 0.2) is 194 Å². The molecule has 0 amide bonds. The first-order chi connectivity index (χ1) is 27.7. The van der Waals surface area contributed by atoms with E-state index in [9.17, 15) is 0 Å². The minimum absolute atomic E-state index is 0.580. The molecule has 8 aromatic carbocycles. The van der Waals surface area contributed by atoms with E-state index in [1.807, 2.05) is 109 Å². The summed E-state index contributed by atoms with van der Waals surface area (Å²) in [5.74, 6) is 3.60. The molecule has 0 aliphatic carbocycles. The molecule has 10 rings (SSSR count). The first-order valence-electron chi connectivity index (χ1n) is 18.5. The molecule has 2 aromatic heterocycles. The highest BCUT2D eigenvalue weighted by molar-refractivity contribution is 6.04. The summed E-state index contributed by atoms with van der Waals surface area (Å²) in [6.07, 6.45) is 0. The van der Waals surface area contributed by atoms with E-state index >= 15 is 0 Å². The van der Waals surface area contributed by atoms with Crippen LogP contribution in [0.1, 0.15) is 0 Å². The normalized spacial score (nSPS) is 11.2. The third-order valence-corrected chi connectivity index (χ3v) is 9.98. The predicted octanol–water partition coefficient (Wildman–Crippen LogP) is 12.0. The van der Waals surface area contributed by atoms with Crippen molar-refractivity contribution in [2.24, 2.45) is 0 Å². The molecule has 0 saturated carbocycles. The van der Waals surface area contributed by atoms with Gasteiger partial charge in [0.2, 0.25) is 0 Å². The summed E-state index contributed by atoms with van der Waals surface area (Å²) in [7, 11) is 0. The van der Waals surface area contributed by atoms with Gasteiger partial charge in [0.25, 0.3) is 0 Å². The van der Waals surface area contributed by atoms with Crippen LogP contribution in [0.5, 0.6) is 0 Å². The maximum Gasteiger partial charge on any atom is 0.164 e. The molecule has 2 heterocycles. The summed E-state index contributed by atoms with van der Waals surface area (Å²) < 4.78 is 0. The van der Waals surface area contributed by atoms with Crippen LogP contribution in [-0.4, -0.2) is 29.9 Å². The zero-order valence-corrected chi connectivity index (χ0v) is 30.2. The monoisotopic (exact) mass is 716 g/mol. The molecule has 0 spiro atoms. The van der Waals surface area contributed by atoms with E-state index in [0.29, 0.717) is 34.9 Å². The Bertz CT molecular complexity index is 2950. The van der Waals surface area contributed by atoms with Crippen molar-refractivity contribution >= 4 is 21.5 Å². The van der Waals surface area contributed by atoms with Crippen molar-refractivity contribution in [3.05, 3.63) is 194 Å². The zero-order valence-electron chi connectivity index (χ0n) is 30.2. The van der Waals surface area contributed by atoms with Gasteiger partial charge >= 0.3 is 0 Å². The number of hydrogen-bond acceptors (Lipinski definition) is 6. The van der Waals surface area contributed by atoms with Crippen molar-refractivity contribution in [2.45, 2.75) is 0 Å². The van der Waals surface area contributed by atoms with Crippen molar-refractivity contribution in [1.29, 1.82) is 0 Å². The molecule has 10 aromatic rings. The predicted molar refractivity (Wildman–Crippen MR) is 226 cm³/mol. The number of benzene rings is 8. The van der Waals surface area contributed by atoms with Crippen LogP contribution >= 0.6 is 0 Å². The van der Waals surface area contributed by atoms with Gasteiger partial charge in [-0.05, 0) is 56.9 Å². The average Bonchev–Trinajstić information content (AvgIpc) is 3.29. The highest BCUT2D eigenvalue weighted by atomic mass is 15.0. The first kappa shape index (κ1) is 32.9. The maximum absolute atomic E-state index is 5.28. The number of hydrogen-bond donors (Lipinski definition) is 0. The van der Waals surface area contributed by atoms with Gasteiger partial charge in [-0.3, -0.25) is 0 Å². The lowest BCUT2D eigenvalue weighted by Gasteiger charge is -2.15. The van der Waals surface area contributed by atoms with Crippen LogP contribution in [0.4, 0.5) is 0 Å². The Morgan fingerprint density at radius 1 is 0.214 bits per heavy atom.